The summed E-state index contributed by atoms with van der Waals surface area (Å²) in [5, 5.41) is 2.71. The maximum atomic E-state index is 6.52. The van der Waals surface area contributed by atoms with Crippen LogP contribution in [-0.2, 0) is 13.2 Å². The average Bonchev–Trinajstić information content (AvgIpc) is 3.00. The van der Waals surface area contributed by atoms with Crippen LogP contribution in [0.15, 0.2) is 73.3 Å². The molecule has 0 spiro atoms. The minimum absolute atomic E-state index is 0.348. The van der Waals surface area contributed by atoms with Gasteiger partial charge in [-0.1, -0.05) is 60.1 Å². The summed E-state index contributed by atoms with van der Waals surface area (Å²) in [6, 6.07) is 20.0. The fourth-order valence-electron chi connectivity index (χ4n) is 3.04. The second kappa shape index (κ2) is 6.61. The monoisotopic (exact) mass is 348 g/mol. The van der Waals surface area contributed by atoms with E-state index in [0.29, 0.717) is 23.9 Å². The first-order chi connectivity index (χ1) is 12.3. The first-order valence-corrected chi connectivity index (χ1v) is 8.51. The van der Waals surface area contributed by atoms with Gasteiger partial charge < -0.3 is 9.30 Å². The van der Waals surface area contributed by atoms with Gasteiger partial charge in [0.25, 0.3) is 0 Å². The highest BCUT2D eigenvalue weighted by Crippen LogP contribution is 2.33. The van der Waals surface area contributed by atoms with E-state index in [1.165, 1.54) is 0 Å². The fraction of sp³-hybridized carbons (Fsp3) is 0.0952. The second-order valence-corrected chi connectivity index (χ2v) is 6.18. The van der Waals surface area contributed by atoms with Gasteiger partial charge in [-0.25, -0.2) is 4.98 Å². The molecule has 3 aromatic carbocycles. The predicted molar refractivity (Wildman–Crippen MR) is 103 cm³/mol. The summed E-state index contributed by atoms with van der Waals surface area (Å²) in [7, 11) is 0. The summed E-state index contributed by atoms with van der Waals surface area (Å²) in [6.07, 6.45) is 1.86. The van der Waals surface area contributed by atoms with Gasteiger partial charge in [-0.3, -0.25) is 0 Å². The molecule has 0 aliphatic rings. The average molecular weight is 349 g/mol. The normalized spacial score (nSPS) is 11.1. The number of nitrogens with zero attached hydrogens (tertiary/aromatic N) is 2. The van der Waals surface area contributed by atoms with E-state index in [1.54, 1.807) is 0 Å². The summed E-state index contributed by atoms with van der Waals surface area (Å²) < 4.78 is 8.11. The van der Waals surface area contributed by atoms with Crippen LogP contribution in [0.1, 0.15) is 5.82 Å². The Bertz CT molecular complexity index is 1070. The molecule has 0 radical (unpaired) electrons. The van der Waals surface area contributed by atoms with Gasteiger partial charge >= 0.3 is 0 Å². The molecule has 0 bridgehead atoms. The molecule has 3 nitrogen and oxygen atoms in total. The third kappa shape index (κ3) is 2.87. The predicted octanol–water partition coefficient (Wildman–Crippen LogP) is 5.61. The molecule has 0 fully saturated rings. The summed E-state index contributed by atoms with van der Waals surface area (Å²) >= 11 is 6.52. The van der Waals surface area contributed by atoms with Crippen molar-refractivity contribution in [3.8, 4) is 5.75 Å². The Morgan fingerprint density at radius 2 is 1.84 bits per heavy atom. The Morgan fingerprint density at radius 1 is 1.04 bits per heavy atom. The van der Waals surface area contributed by atoms with Gasteiger partial charge in [0.15, 0.2) is 0 Å². The second-order valence-electron chi connectivity index (χ2n) is 5.80. The highest BCUT2D eigenvalue weighted by Gasteiger charge is 2.12. The standard InChI is InChI=1S/C21H17ClN2O/c1-2-13-24-18-10-6-5-9-17(18)23-20(24)14-25-19-12-11-15-7-3-4-8-16(15)21(19)22/h2-12H,1,13-14H2. The number of fused-ring (bicyclic) bond motifs is 2. The van der Waals surface area contributed by atoms with Gasteiger partial charge in [-0.05, 0) is 23.6 Å². The van der Waals surface area contributed by atoms with Crippen LogP contribution < -0.4 is 4.74 Å². The van der Waals surface area contributed by atoms with E-state index in [1.807, 2.05) is 60.7 Å². The van der Waals surface area contributed by atoms with Crippen molar-refractivity contribution in [1.29, 1.82) is 0 Å². The number of halogens is 1. The zero-order chi connectivity index (χ0) is 17.2. The van der Waals surface area contributed by atoms with Crippen molar-refractivity contribution in [3.05, 3.63) is 84.2 Å². The molecular weight excluding hydrogens is 332 g/mol. The van der Waals surface area contributed by atoms with Crippen LogP contribution in [0, 0.1) is 0 Å². The fourth-order valence-corrected chi connectivity index (χ4v) is 3.33. The van der Waals surface area contributed by atoms with Crippen LogP contribution in [0.2, 0.25) is 5.02 Å². The van der Waals surface area contributed by atoms with Gasteiger partial charge in [0.2, 0.25) is 0 Å². The van der Waals surface area contributed by atoms with E-state index in [9.17, 15) is 0 Å². The van der Waals surface area contributed by atoms with Crippen molar-refractivity contribution in [2.24, 2.45) is 0 Å². The van der Waals surface area contributed by atoms with Gasteiger partial charge in [-0.15, -0.1) is 6.58 Å². The minimum atomic E-state index is 0.348. The van der Waals surface area contributed by atoms with Crippen LogP contribution in [0.4, 0.5) is 0 Å². The maximum absolute atomic E-state index is 6.52. The van der Waals surface area contributed by atoms with E-state index in [4.69, 9.17) is 16.3 Å². The lowest BCUT2D eigenvalue weighted by atomic mass is 10.1. The molecule has 0 saturated heterocycles. The molecule has 0 aliphatic carbocycles. The molecule has 0 amide bonds. The lowest BCUT2D eigenvalue weighted by molar-refractivity contribution is 0.292. The smallest absolute Gasteiger partial charge is 0.148 e. The van der Waals surface area contributed by atoms with E-state index in [2.05, 4.69) is 22.2 Å². The first-order valence-electron chi connectivity index (χ1n) is 8.13. The third-order valence-electron chi connectivity index (χ3n) is 4.23. The zero-order valence-corrected chi connectivity index (χ0v) is 14.4. The van der Waals surface area contributed by atoms with Gasteiger partial charge in [0.05, 0.1) is 16.1 Å². The highest BCUT2D eigenvalue weighted by molar-refractivity contribution is 6.37. The zero-order valence-electron chi connectivity index (χ0n) is 13.7. The van der Waals surface area contributed by atoms with Crippen LogP contribution in [0.3, 0.4) is 0 Å². The van der Waals surface area contributed by atoms with Gasteiger partial charge in [0, 0.05) is 11.9 Å². The number of hydrogen-bond acceptors (Lipinski definition) is 2. The van der Waals surface area contributed by atoms with Gasteiger partial charge in [0.1, 0.15) is 18.2 Å². The Morgan fingerprint density at radius 3 is 2.72 bits per heavy atom. The number of para-hydroxylation sites is 2. The summed E-state index contributed by atoms with van der Waals surface area (Å²) in [4.78, 5) is 4.69. The molecule has 0 N–H and O–H groups in total. The molecule has 4 heteroatoms. The summed E-state index contributed by atoms with van der Waals surface area (Å²) in [5.41, 5.74) is 2.03. The van der Waals surface area contributed by atoms with Crippen molar-refractivity contribution in [2.45, 2.75) is 13.2 Å². The summed E-state index contributed by atoms with van der Waals surface area (Å²) in [5.74, 6) is 1.52. The topological polar surface area (TPSA) is 27.1 Å². The number of imidazole rings is 1. The SMILES string of the molecule is C=CCn1c(COc2ccc3ccccc3c2Cl)nc2ccccc21. The lowest BCUT2D eigenvalue weighted by Crippen LogP contribution is -2.06. The van der Waals surface area contributed by atoms with Crippen molar-refractivity contribution in [1.82, 2.24) is 9.55 Å². The van der Waals surface area contributed by atoms with Crippen molar-refractivity contribution < 1.29 is 4.74 Å². The van der Waals surface area contributed by atoms with E-state index >= 15 is 0 Å². The Hall–Kier alpha value is -2.78. The van der Waals surface area contributed by atoms with Crippen molar-refractivity contribution in [3.63, 3.8) is 0 Å². The van der Waals surface area contributed by atoms with Crippen LogP contribution in [0.5, 0.6) is 5.75 Å². The minimum Gasteiger partial charge on any atom is -0.484 e. The number of ether oxygens (including phenoxy) is 1. The maximum Gasteiger partial charge on any atom is 0.148 e. The molecule has 1 heterocycles. The van der Waals surface area contributed by atoms with Crippen LogP contribution in [-0.4, -0.2) is 9.55 Å². The van der Waals surface area contributed by atoms with Crippen molar-refractivity contribution in [2.75, 3.05) is 0 Å². The number of aromatic nitrogens is 2. The third-order valence-corrected chi connectivity index (χ3v) is 4.62. The Kier molecular flexibility index (Phi) is 4.16. The molecule has 0 atom stereocenters. The molecule has 25 heavy (non-hydrogen) atoms. The number of rotatable bonds is 5. The first kappa shape index (κ1) is 15.7. The molecule has 124 valence electrons. The van der Waals surface area contributed by atoms with E-state index in [-0.39, 0.29) is 0 Å². The van der Waals surface area contributed by atoms with E-state index < -0.39 is 0 Å². The molecule has 1 aromatic heterocycles. The van der Waals surface area contributed by atoms with Crippen LogP contribution in [0.25, 0.3) is 21.8 Å². The summed E-state index contributed by atoms with van der Waals surface area (Å²) in [6.45, 7) is 4.87. The number of benzene rings is 3. The van der Waals surface area contributed by atoms with E-state index in [0.717, 1.165) is 27.6 Å². The Balaban J connectivity index is 1.67. The van der Waals surface area contributed by atoms with Gasteiger partial charge in [-0.2, -0.15) is 0 Å². The molecule has 4 aromatic rings. The van der Waals surface area contributed by atoms with Crippen LogP contribution >= 0.6 is 11.6 Å². The molecule has 4 rings (SSSR count). The molecule has 0 unspecified atom stereocenters. The Labute approximate surface area is 151 Å². The molecular formula is C21H17ClN2O. The molecule has 0 aliphatic heterocycles. The quantitative estimate of drug-likeness (QED) is 0.438. The number of allylic oxidation sites excluding steroid dienone is 1. The highest BCUT2D eigenvalue weighted by atomic mass is 35.5. The van der Waals surface area contributed by atoms with Crippen molar-refractivity contribution >= 4 is 33.4 Å². The molecule has 0 saturated carbocycles. The largest absolute Gasteiger partial charge is 0.484 e. The number of hydrogen-bond donors (Lipinski definition) is 0. The lowest BCUT2D eigenvalue weighted by Gasteiger charge is -2.11.